The molecule has 3 amide bonds. The fraction of sp³-hybridized carbons (Fsp3) is 0.381. The van der Waals surface area contributed by atoms with E-state index in [4.69, 9.17) is 10.5 Å². The summed E-state index contributed by atoms with van der Waals surface area (Å²) in [6, 6.07) is 6.65. The number of urea groups is 1. The van der Waals surface area contributed by atoms with Crippen molar-refractivity contribution in [1.29, 1.82) is 0 Å². The maximum atomic E-state index is 13.1. The minimum atomic E-state index is -0.309. The highest BCUT2D eigenvalue weighted by Crippen LogP contribution is 2.30. The zero-order valence-electron chi connectivity index (χ0n) is 18.7. The number of benzene rings is 1. The standard InChI is InChI=1S/C21H26N8O3S/c1-27(2)16(30)10-13-11-28(21(31)24-14-6-4-5-7-15(14)32-3)8-9-29(13)18-17-19(33-12-23-17)26-20(22)25-18/h4-7,12-13H,8-11H2,1-3H3,(H,24,31)(H2,22,25,26). The molecule has 1 unspecified atom stereocenters. The van der Waals surface area contributed by atoms with Gasteiger partial charge in [-0.25, -0.2) is 14.8 Å². The number of para-hydroxylation sites is 2. The summed E-state index contributed by atoms with van der Waals surface area (Å²) >= 11 is 1.38. The van der Waals surface area contributed by atoms with E-state index in [1.807, 2.05) is 17.0 Å². The van der Waals surface area contributed by atoms with Gasteiger partial charge in [-0.2, -0.15) is 4.98 Å². The molecule has 11 nitrogen and oxygen atoms in total. The van der Waals surface area contributed by atoms with E-state index in [1.165, 1.54) is 11.3 Å². The van der Waals surface area contributed by atoms with Crippen LogP contribution in [0.3, 0.4) is 0 Å². The van der Waals surface area contributed by atoms with Crippen LogP contribution in [0.1, 0.15) is 6.42 Å². The minimum absolute atomic E-state index is 0.0477. The van der Waals surface area contributed by atoms with Crippen LogP contribution in [0.25, 0.3) is 10.3 Å². The molecule has 2 aromatic heterocycles. The molecule has 3 aromatic rings. The Bertz CT molecular complexity index is 1170. The summed E-state index contributed by atoms with van der Waals surface area (Å²) in [4.78, 5) is 44.7. The molecule has 4 rings (SSSR count). The number of fused-ring (bicyclic) bond motifs is 1. The molecule has 0 radical (unpaired) electrons. The van der Waals surface area contributed by atoms with E-state index in [0.29, 0.717) is 47.2 Å². The zero-order chi connectivity index (χ0) is 23.5. The molecule has 1 atom stereocenters. The Labute approximate surface area is 195 Å². The van der Waals surface area contributed by atoms with Crippen molar-refractivity contribution in [2.75, 3.05) is 56.8 Å². The lowest BCUT2D eigenvalue weighted by atomic mass is 10.1. The first-order valence-electron chi connectivity index (χ1n) is 10.4. The lowest BCUT2D eigenvalue weighted by molar-refractivity contribution is -0.129. The molecular formula is C21H26N8O3S. The molecule has 0 bridgehead atoms. The van der Waals surface area contributed by atoms with Gasteiger partial charge in [0.25, 0.3) is 0 Å². The number of rotatable bonds is 5. The van der Waals surface area contributed by atoms with Crippen LogP contribution in [0.2, 0.25) is 0 Å². The Morgan fingerprint density at radius 2 is 2.06 bits per heavy atom. The number of hydrogen-bond acceptors (Lipinski definition) is 9. The van der Waals surface area contributed by atoms with Gasteiger partial charge in [0.2, 0.25) is 11.9 Å². The van der Waals surface area contributed by atoms with Crippen LogP contribution >= 0.6 is 11.3 Å². The molecule has 0 aliphatic carbocycles. The highest BCUT2D eigenvalue weighted by Gasteiger charge is 2.34. The van der Waals surface area contributed by atoms with Crippen molar-refractivity contribution >= 4 is 51.1 Å². The second-order valence-corrected chi connectivity index (χ2v) is 8.66. The molecule has 1 saturated heterocycles. The third-order valence-electron chi connectivity index (χ3n) is 5.50. The number of hydrogen-bond donors (Lipinski definition) is 2. The number of aromatic nitrogens is 3. The number of ether oxygens (including phenoxy) is 1. The van der Waals surface area contributed by atoms with Gasteiger partial charge < -0.3 is 30.5 Å². The predicted octanol–water partition coefficient (Wildman–Crippen LogP) is 1.88. The number of nitrogen functional groups attached to an aromatic ring is 1. The number of nitrogens with one attached hydrogen (secondary N) is 1. The summed E-state index contributed by atoms with van der Waals surface area (Å²) in [5.74, 6) is 1.26. The highest BCUT2D eigenvalue weighted by atomic mass is 32.1. The van der Waals surface area contributed by atoms with E-state index in [0.717, 1.165) is 0 Å². The lowest BCUT2D eigenvalue weighted by Gasteiger charge is -2.42. The van der Waals surface area contributed by atoms with Crippen molar-refractivity contribution in [2.45, 2.75) is 12.5 Å². The highest BCUT2D eigenvalue weighted by molar-refractivity contribution is 7.16. The van der Waals surface area contributed by atoms with E-state index in [1.54, 1.807) is 48.6 Å². The van der Waals surface area contributed by atoms with Gasteiger partial charge in [-0.05, 0) is 12.1 Å². The minimum Gasteiger partial charge on any atom is -0.495 e. The number of carbonyl (C=O) groups excluding carboxylic acids is 2. The maximum absolute atomic E-state index is 13.1. The van der Waals surface area contributed by atoms with E-state index < -0.39 is 0 Å². The molecular weight excluding hydrogens is 444 g/mol. The van der Waals surface area contributed by atoms with Gasteiger partial charge in [0.15, 0.2) is 10.6 Å². The van der Waals surface area contributed by atoms with E-state index in [-0.39, 0.29) is 30.3 Å². The van der Waals surface area contributed by atoms with Gasteiger partial charge >= 0.3 is 6.03 Å². The SMILES string of the molecule is COc1ccccc1NC(=O)N1CCN(c2nc(N)nc3scnc23)C(CC(=O)N(C)C)C1. The van der Waals surface area contributed by atoms with Crippen molar-refractivity contribution in [2.24, 2.45) is 0 Å². The van der Waals surface area contributed by atoms with Crippen molar-refractivity contribution in [3.05, 3.63) is 29.8 Å². The summed E-state index contributed by atoms with van der Waals surface area (Å²) in [6.07, 6.45) is 0.209. The Balaban J connectivity index is 1.59. The van der Waals surface area contributed by atoms with Crippen molar-refractivity contribution in [3.63, 3.8) is 0 Å². The maximum Gasteiger partial charge on any atom is 0.322 e. The summed E-state index contributed by atoms with van der Waals surface area (Å²) in [6.45, 7) is 1.23. The molecule has 33 heavy (non-hydrogen) atoms. The predicted molar refractivity (Wildman–Crippen MR) is 128 cm³/mol. The van der Waals surface area contributed by atoms with Gasteiger partial charge in [-0.3, -0.25) is 4.79 Å². The average molecular weight is 471 g/mol. The van der Waals surface area contributed by atoms with Gasteiger partial charge in [0.1, 0.15) is 11.3 Å². The summed E-state index contributed by atoms with van der Waals surface area (Å²) in [5.41, 5.74) is 8.86. The summed E-state index contributed by atoms with van der Waals surface area (Å²) < 4.78 is 5.33. The summed E-state index contributed by atoms with van der Waals surface area (Å²) in [5, 5.41) is 2.91. The van der Waals surface area contributed by atoms with Crippen LogP contribution in [0.5, 0.6) is 5.75 Å². The number of nitrogens with zero attached hydrogens (tertiary/aromatic N) is 6. The van der Waals surface area contributed by atoms with Crippen LogP contribution in [0, 0.1) is 0 Å². The van der Waals surface area contributed by atoms with Gasteiger partial charge in [-0.15, -0.1) is 11.3 Å². The lowest BCUT2D eigenvalue weighted by Crippen LogP contribution is -2.57. The van der Waals surface area contributed by atoms with Gasteiger partial charge in [-0.1, -0.05) is 12.1 Å². The molecule has 3 N–H and O–H groups in total. The van der Waals surface area contributed by atoms with Crippen LogP contribution in [-0.2, 0) is 4.79 Å². The fourth-order valence-electron chi connectivity index (χ4n) is 3.78. The molecule has 1 aliphatic heterocycles. The number of carbonyl (C=O) groups is 2. The third-order valence-corrected chi connectivity index (χ3v) is 6.22. The monoisotopic (exact) mass is 470 g/mol. The largest absolute Gasteiger partial charge is 0.495 e. The Hall–Kier alpha value is -3.67. The first-order chi connectivity index (χ1) is 15.9. The summed E-state index contributed by atoms with van der Waals surface area (Å²) in [7, 11) is 4.98. The van der Waals surface area contributed by atoms with Crippen molar-refractivity contribution in [3.8, 4) is 5.75 Å². The van der Waals surface area contributed by atoms with Crippen LogP contribution in [0.4, 0.5) is 22.2 Å². The third kappa shape index (κ3) is 4.75. The zero-order valence-corrected chi connectivity index (χ0v) is 19.5. The van der Waals surface area contributed by atoms with Crippen LogP contribution in [0.15, 0.2) is 29.8 Å². The van der Waals surface area contributed by atoms with Crippen molar-refractivity contribution < 1.29 is 14.3 Å². The molecule has 0 saturated carbocycles. The molecule has 1 aromatic carbocycles. The topological polar surface area (TPSA) is 130 Å². The van der Waals surface area contributed by atoms with E-state index >= 15 is 0 Å². The first kappa shape index (κ1) is 22.5. The Morgan fingerprint density at radius 3 is 2.82 bits per heavy atom. The number of methoxy groups -OCH3 is 1. The molecule has 1 aliphatic rings. The molecule has 0 spiro atoms. The second kappa shape index (κ2) is 9.45. The molecule has 174 valence electrons. The second-order valence-electron chi connectivity index (χ2n) is 7.83. The van der Waals surface area contributed by atoms with Gasteiger partial charge in [0.05, 0.1) is 24.3 Å². The smallest absolute Gasteiger partial charge is 0.322 e. The number of piperazine rings is 1. The van der Waals surface area contributed by atoms with Crippen molar-refractivity contribution in [1.82, 2.24) is 24.8 Å². The quantitative estimate of drug-likeness (QED) is 0.578. The van der Waals surface area contributed by atoms with Gasteiger partial charge in [0, 0.05) is 40.2 Å². The average Bonchev–Trinajstić information content (AvgIpc) is 3.27. The first-order valence-corrected chi connectivity index (χ1v) is 11.3. The normalized spacial score (nSPS) is 16.0. The van der Waals surface area contributed by atoms with Crippen LogP contribution < -0.4 is 20.7 Å². The Kier molecular flexibility index (Phi) is 6.45. The molecule has 1 fully saturated rings. The van der Waals surface area contributed by atoms with Crippen LogP contribution in [-0.4, -0.2) is 83.6 Å². The number of amides is 3. The number of thiazole rings is 1. The van der Waals surface area contributed by atoms with E-state index in [9.17, 15) is 9.59 Å². The molecule has 3 heterocycles. The number of nitrogens with two attached hydrogens (primary N) is 1. The fourth-order valence-corrected chi connectivity index (χ4v) is 4.44. The van der Waals surface area contributed by atoms with E-state index in [2.05, 4.69) is 20.3 Å². The molecule has 12 heteroatoms. The Morgan fingerprint density at radius 1 is 1.27 bits per heavy atom. The number of anilines is 3.